The van der Waals surface area contributed by atoms with Crippen molar-refractivity contribution in [2.75, 3.05) is 19.6 Å². The van der Waals surface area contributed by atoms with Crippen LogP contribution in [0.1, 0.15) is 53.4 Å². The molecule has 0 spiro atoms. The molecule has 2 heteroatoms. The first-order valence-electron chi connectivity index (χ1n) is 7.16. The summed E-state index contributed by atoms with van der Waals surface area (Å²) in [6.07, 6.45) is 5.91. The molecule has 0 aromatic heterocycles. The maximum absolute atomic E-state index is 11.4. The molecule has 1 aliphatic carbocycles. The van der Waals surface area contributed by atoms with Crippen LogP contribution in [0.25, 0.3) is 0 Å². The second-order valence-electron chi connectivity index (χ2n) is 6.67. The van der Waals surface area contributed by atoms with E-state index in [2.05, 4.69) is 32.6 Å². The molecule has 0 aromatic carbocycles. The molecule has 0 aliphatic heterocycles. The molecule has 0 N–H and O–H groups in total. The number of nitrogens with zero attached hydrogens (tertiary/aromatic N) is 1. The monoisotopic (exact) mass is 239 g/mol. The molecule has 0 bridgehead atoms. The highest BCUT2D eigenvalue weighted by molar-refractivity contribution is 5.60. The third-order valence-corrected chi connectivity index (χ3v) is 3.63. The molecule has 0 amide bonds. The average molecular weight is 239 g/mol. The van der Waals surface area contributed by atoms with E-state index in [1.807, 2.05) is 0 Å². The quantitative estimate of drug-likeness (QED) is 0.635. The molecule has 0 unspecified atom stereocenters. The van der Waals surface area contributed by atoms with Gasteiger partial charge < -0.3 is 9.69 Å². The predicted molar refractivity (Wildman–Crippen MR) is 73.1 cm³/mol. The SMILES string of the molecule is CC(C)CN(CC(C)C)CC1(C=O)CCCC1. The van der Waals surface area contributed by atoms with E-state index in [4.69, 9.17) is 0 Å². The lowest BCUT2D eigenvalue weighted by atomic mass is 9.87. The lowest BCUT2D eigenvalue weighted by Crippen LogP contribution is -2.41. The molecule has 0 saturated heterocycles. The van der Waals surface area contributed by atoms with Crippen LogP contribution < -0.4 is 0 Å². The Morgan fingerprint density at radius 1 is 1.06 bits per heavy atom. The van der Waals surface area contributed by atoms with Crippen LogP contribution in [0, 0.1) is 17.3 Å². The van der Waals surface area contributed by atoms with E-state index in [1.54, 1.807) is 0 Å². The van der Waals surface area contributed by atoms with Gasteiger partial charge in [0.25, 0.3) is 0 Å². The first kappa shape index (κ1) is 14.7. The fraction of sp³-hybridized carbons (Fsp3) is 0.933. The van der Waals surface area contributed by atoms with E-state index < -0.39 is 0 Å². The summed E-state index contributed by atoms with van der Waals surface area (Å²) in [5.74, 6) is 1.36. The molecular weight excluding hydrogens is 210 g/mol. The number of hydrogen-bond donors (Lipinski definition) is 0. The number of carbonyl (C=O) groups is 1. The maximum atomic E-state index is 11.4. The molecule has 1 aliphatic rings. The standard InChI is InChI=1S/C15H29NO/c1-13(2)9-16(10-14(3)4)11-15(12-17)7-5-6-8-15/h12-14H,5-11H2,1-4H3. The van der Waals surface area contributed by atoms with Gasteiger partial charge in [0.05, 0.1) is 0 Å². The summed E-state index contributed by atoms with van der Waals surface area (Å²) >= 11 is 0. The van der Waals surface area contributed by atoms with Gasteiger partial charge in [0.15, 0.2) is 0 Å². The Labute approximate surface area is 107 Å². The van der Waals surface area contributed by atoms with Crippen molar-refractivity contribution in [3.63, 3.8) is 0 Å². The molecule has 1 saturated carbocycles. The second kappa shape index (κ2) is 6.53. The zero-order chi connectivity index (χ0) is 12.9. The minimum absolute atomic E-state index is 0.0240. The second-order valence-corrected chi connectivity index (χ2v) is 6.67. The Morgan fingerprint density at radius 3 is 1.88 bits per heavy atom. The molecular formula is C15H29NO. The van der Waals surface area contributed by atoms with E-state index in [0.29, 0.717) is 11.8 Å². The molecule has 0 atom stereocenters. The Morgan fingerprint density at radius 2 is 1.53 bits per heavy atom. The fourth-order valence-electron chi connectivity index (χ4n) is 3.07. The highest BCUT2D eigenvalue weighted by Crippen LogP contribution is 2.37. The van der Waals surface area contributed by atoms with Gasteiger partial charge in [-0.15, -0.1) is 0 Å². The van der Waals surface area contributed by atoms with Crippen LogP contribution in [0.4, 0.5) is 0 Å². The zero-order valence-electron chi connectivity index (χ0n) is 12.0. The number of rotatable bonds is 7. The van der Waals surface area contributed by atoms with Crippen LogP contribution in [0.5, 0.6) is 0 Å². The van der Waals surface area contributed by atoms with Gasteiger partial charge in [-0.1, -0.05) is 40.5 Å². The van der Waals surface area contributed by atoms with Crippen LogP contribution in [0.2, 0.25) is 0 Å². The third kappa shape index (κ3) is 4.79. The first-order chi connectivity index (χ1) is 7.97. The lowest BCUT2D eigenvalue weighted by molar-refractivity contribution is -0.117. The van der Waals surface area contributed by atoms with Crippen LogP contribution in [-0.2, 0) is 4.79 Å². The lowest BCUT2D eigenvalue weighted by Gasteiger charge is -2.33. The number of hydrogen-bond acceptors (Lipinski definition) is 2. The van der Waals surface area contributed by atoms with Crippen molar-refractivity contribution in [3.8, 4) is 0 Å². The smallest absolute Gasteiger partial charge is 0.127 e. The van der Waals surface area contributed by atoms with Gasteiger partial charge >= 0.3 is 0 Å². The summed E-state index contributed by atoms with van der Waals surface area (Å²) in [7, 11) is 0. The Bertz CT molecular complexity index is 219. The molecule has 2 nitrogen and oxygen atoms in total. The van der Waals surface area contributed by atoms with E-state index in [-0.39, 0.29) is 5.41 Å². The molecule has 0 aromatic rings. The summed E-state index contributed by atoms with van der Waals surface area (Å²) in [6, 6.07) is 0. The predicted octanol–water partition coefficient (Wildman–Crippen LogP) is 3.36. The van der Waals surface area contributed by atoms with Crippen LogP contribution in [0.15, 0.2) is 0 Å². The Hall–Kier alpha value is -0.370. The Balaban J connectivity index is 2.59. The van der Waals surface area contributed by atoms with Gasteiger partial charge in [-0.25, -0.2) is 0 Å². The van der Waals surface area contributed by atoms with E-state index in [9.17, 15) is 4.79 Å². The van der Waals surface area contributed by atoms with E-state index in [1.165, 1.54) is 19.1 Å². The van der Waals surface area contributed by atoms with Crippen molar-refractivity contribution >= 4 is 6.29 Å². The summed E-state index contributed by atoms with van der Waals surface area (Å²) < 4.78 is 0. The first-order valence-corrected chi connectivity index (χ1v) is 7.16. The summed E-state index contributed by atoms with van der Waals surface area (Å²) in [4.78, 5) is 13.9. The van der Waals surface area contributed by atoms with Crippen molar-refractivity contribution < 1.29 is 4.79 Å². The van der Waals surface area contributed by atoms with Gasteiger partial charge in [0.2, 0.25) is 0 Å². The van der Waals surface area contributed by atoms with Crippen molar-refractivity contribution in [1.29, 1.82) is 0 Å². The van der Waals surface area contributed by atoms with Gasteiger partial charge in [-0.2, -0.15) is 0 Å². The highest BCUT2D eigenvalue weighted by atomic mass is 16.1. The number of aldehydes is 1. The summed E-state index contributed by atoms with van der Waals surface area (Å²) in [5, 5.41) is 0. The van der Waals surface area contributed by atoms with Crippen molar-refractivity contribution in [3.05, 3.63) is 0 Å². The van der Waals surface area contributed by atoms with Gasteiger partial charge in [0, 0.05) is 25.0 Å². The fourth-order valence-corrected chi connectivity index (χ4v) is 3.07. The maximum Gasteiger partial charge on any atom is 0.127 e. The van der Waals surface area contributed by atoms with Crippen molar-refractivity contribution in [2.24, 2.45) is 17.3 Å². The van der Waals surface area contributed by atoms with Gasteiger partial charge in [-0.3, -0.25) is 0 Å². The minimum Gasteiger partial charge on any atom is -0.303 e. The van der Waals surface area contributed by atoms with Crippen LogP contribution in [-0.4, -0.2) is 30.8 Å². The summed E-state index contributed by atoms with van der Waals surface area (Å²) in [6.45, 7) is 12.3. The number of carbonyl (C=O) groups excluding carboxylic acids is 1. The van der Waals surface area contributed by atoms with Crippen molar-refractivity contribution in [2.45, 2.75) is 53.4 Å². The largest absolute Gasteiger partial charge is 0.303 e. The minimum atomic E-state index is -0.0240. The summed E-state index contributed by atoms with van der Waals surface area (Å²) in [5.41, 5.74) is -0.0240. The highest BCUT2D eigenvalue weighted by Gasteiger charge is 2.35. The topological polar surface area (TPSA) is 20.3 Å². The molecule has 0 heterocycles. The molecule has 1 fully saturated rings. The molecule has 100 valence electrons. The van der Waals surface area contributed by atoms with Crippen LogP contribution >= 0.6 is 0 Å². The average Bonchev–Trinajstić information content (AvgIpc) is 2.65. The normalized spacial score (nSPS) is 19.5. The molecule has 17 heavy (non-hydrogen) atoms. The molecule has 1 rings (SSSR count). The third-order valence-electron chi connectivity index (χ3n) is 3.63. The van der Waals surface area contributed by atoms with Gasteiger partial charge in [0.1, 0.15) is 6.29 Å². The van der Waals surface area contributed by atoms with Crippen LogP contribution in [0.3, 0.4) is 0 Å². The van der Waals surface area contributed by atoms with E-state index >= 15 is 0 Å². The van der Waals surface area contributed by atoms with Crippen molar-refractivity contribution in [1.82, 2.24) is 4.90 Å². The Kier molecular flexibility index (Phi) is 5.64. The van der Waals surface area contributed by atoms with Gasteiger partial charge in [-0.05, 0) is 24.7 Å². The van der Waals surface area contributed by atoms with E-state index in [0.717, 1.165) is 32.5 Å². The molecule has 0 radical (unpaired) electrons. The zero-order valence-corrected chi connectivity index (χ0v) is 12.0.